The van der Waals surface area contributed by atoms with Crippen molar-refractivity contribution < 1.29 is 9.59 Å². The minimum Gasteiger partial charge on any atom is -0.325 e. The van der Waals surface area contributed by atoms with Gasteiger partial charge in [0.2, 0.25) is 5.91 Å². The van der Waals surface area contributed by atoms with Crippen LogP contribution in [0.25, 0.3) is 11.3 Å². The Bertz CT molecular complexity index is 1030. The van der Waals surface area contributed by atoms with Crippen LogP contribution in [-0.2, 0) is 4.79 Å². The van der Waals surface area contributed by atoms with Crippen molar-refractivity contribution in [1.29, 1.82) is 0 Å². The van der Waals surface area contributed by atoms with Gasteiger partial charge in [-0.05, 0) is 19.1 Å². The molecule has 2 N–H and O–H groups in total. The lowest BCUT2D eigenvalue weighted by Gasteiger charge is -2.07. The maximum Gasteiger partial charge on any atom is 0.252 e. The fraction of sp³-hybridized carbons (Fsp3) is 0.100. The summed E-state index contributed by atoms with van der Waals surface area (Å²) in [4.78, 5) is 42.5. The zero-order valence-corrected chi connectivity index (χ0v) is 15.4. The number of ketones is 1. The summed E-state index contributed by atoms with van der Waals surface area (Å²) in [5.74, 6) is -0.251. The number of rotatable bonds is 6. The number of aromatic nitrogens is 2. The molecule has 1 aromatic heterocycles. The van der Waals surface area contributed by atoms with E-state index in [9.17, 15) is 14.4 Å². The number of carbonyl (C=O) groups is 2. The summed E-state index contributed by atoms with van der Waals surface area (Å²) >= 11 is 1.14. The molecule has 0 aliphatic heterocycles. The first kappa shape index (κ1) is 18.6. The Balaban J connectivity index is 1.67. The zero-order chi connectivity index (χ0) is 19.2. The van der Waals surface area contributed by atoms with E-state index in [2.05, 4.69) is 15.3 Å². The number of hydrogen-bond donors (Lipinski definition) is 2. The van der Waals surface area contributed by atoms with Crippen molar-refractivity contribution in [2.75, 3.05) is 11.1 Å². The van der Waals surface area contributed by atoms with E-state index in [-0.39, 0.29) is 23.0 Å². The molecule has 3 rings (SSSR count). The van der Waals surface area contributed by atoms with Gasteiger partial charge in [0.15, 0.2) is 10.9 Å². The van der Waals surface area contributed by atoms with Crippen molar-refractivity contribution in [3.8, 4) is 11.3 Å². The van der Waals surface area contributed by atoms with Gasteiger partial charge in [-0.25, -0.2) is 4.98 Å². The van der Waals surface area contributed by atoms with Crippen LogP contribution in [-0.4, -0.2) is 27.4 Å². The largest absolute Gasteiger partial charge is 0.325 e. The quantitative estimate of drug-likeness (QED) is 0.389. The highest BCUT2D eigenvalue weighted by molar-refractivity contribution is 7.99. The van der Waals surface area contributed by atoms with Crippen molar-refractivity contribution in [2.24, 2.45) is 0 Å². The van der Waals surface area contributed by atoms with Gasteiger partial charge in [-0.3, -0.25) is 14.4 Å². The second-order valence-corrected chi connectivity index (χ2v) is 6.74. The van der Waals surface area contributed by atoms with Crippen LogP contribution in [0.2, 0.25) is 0 Å². The van der Waals surface area contributed by atoms with Gasteiger partial charge < -0.3 is 10.3 Å². The van der Waals surface area contributed by atoms with Gasteiger partial charge in [0.25, 0.3) is 5.56 Å². The molecule has 0 atom stereocenters. The SMILES string of the molecule is CC(=O)c1cccc(NC(=O)CSc2nc(-c3ccccc3)cc(=O)[nH]2)c1. The monoisotopic (exact) mass is 379 g/mol. The molecule has 0 radical (unpaired) electrons. The number of Topliss-reactive ketones (excluding diaryl/α,β-unsaturated/α-hetero) is 1. The second-order valence-electron chi connectivity index (χ2n) is 5.78. The molecule has 1 amide bonds. The Hall–Kier alpha value is -3.19. The average molecular weight is 379 g/mol. The molecular formula is C20H17N3O3S. The van der Waals surface area contributed by atoms with Crippen LogP contribution in [0.4, 0.5) is 5.69 Å². The lowest BCUT2D eigenvalue weighted by molar-refractivity contribution is -0.113. The first-order valence-corrected chi connectivity index (χ1v) is 9.20. The molecule has 7 heteroatoms. The number of hydrogen-bond acceptors (Lipinski definition) is 5. The van der Waals surface area contributed by atoms with Crippen molar-refractivity contribution in [3.05, 3.63) is 76.6 Å². The third-order valence-corrected chi connectivity index (χ3v) is 4.56. The molecule has 1 heterocycles. The summed E-state index contributed by atoms with van der Waals surface area (Å²) in [5, 5.41) is 3.11. The number of anilines is 1. The molecule has 0 bridgehead atoms. The fourth-order valence-electron chi connectivity index (χ4n) is 2.41. The standard InChI is InChI=1S/C20H17N3O3S/c1-13(24)15-8-5-9-16(10-15)21-19(26)12-27-20-22-17(11-18(25)23-20)14-6-3-2-4-7-14/h2-11H,12H2,1H3,(H,21,26)(H,22,23,25). The molecule has 0 fully saturated rings. The first-order valence-electron chi connectivity index (χ1n) is 8.22. The van der Waals surface area contributed by atoms with Gasteiger partial charge >= 0.3 is 0 Å². The highest BCUT2D eigenvalue weighted by Crippen LogP contribution is 2.19. The Morgan fingerprint density at radius 3 is 2.59 bits per heavy atom. The molecule has 0 spiro atoms. The van der Waals surface area contributed by atoms with Crippen LogP contribution in [0.1, 0.15) is 17.3 Å². The summed E-state index contributed by atoms with van der Waals surface area (Å²) in [6.45, 7) is 1.47. The number of aromatic amines is 1. The average Bonchev–Trinajstić information content (AvgIpc) is 2.67. The van der Waals surface area contributed by atoms with E-state index >= 15 is 0 Å². The summed E-state index contributed by atoms with van der Waals surface area (Å²) in [6, 6.07) is 17.5. The second kappa shape index (κ2) is 8.46. The van der Waals surface area contributed by atoms with Gasteiger partial charge in [0, 0.05) is 22.9 Å². The predicted octanol–water partition coefficient (Wildman–Crippen LogP) is 3.37. The van der Waals surface area contributed by atoms with Crippen molar-refractivity contribution >= 4 is 29.1 Å². The van der Waals surface area contributed by atoms with Crippen LogP contribution in [0.15, 0.2) is 70.6 Å². The number of H-pyrrole nitrogens is 1. The summed E-state index contributed by atoms with van der Waals surface area (Å²) in [6.07, 6.45) is 0. The molecule has 0 unspecified atom stereocenters. The predicted molar refractivity (Wildman–Crippen MR) is 106 cm³/mol. The Morgan fingerprint density at radius 2 is 1.85 bits per heavy atom. The number of nitrogens with one attached hydrogen (secondary N) is 2. The van der Waals surface area contributed by atoms with Crippen LogP contribution in [0.3, 0.4) is 0 Å². The van der Waals surface area contributed by atoms with Gasteiger partial charge in [-0.1, -0.05) is 54.2 Å². The smallest absolute Gasteiger partial charge is 0.252 e. The normalized spacial score (nSPS) is 10.4. The number of thioether (sulfide) groups is 1. The summed E-state index contributed by atoms with van der Waals surface area (Å²) in [7, 11) is 0. The fourth-order valence-corrected chi connectivity index (χ4v) is 3.08. The van der Waals surface area contributed by atoms with Crippen molar-refractivity contribution in [1.82, 2.24) is 9.97 Å². The van der Waals surface area contributed by atoms with Crippen molar-refractivity contribution in [2.45, 2.75) is 12.1 Å². The highest BCUT2D eigenvalue weighted by atomic mass is 32.2. The lowest BCUT2D eigenvalue weighted by Crippen LogP contribution is -2.15. The molecule has 3 aromatic rings. The van der Waals surface area contributed by atoms with E-state index in [0.717, 1.165) is 17.3 Å². The third-order valence-electron chi connectivity index (χ3n) is 3.68. The van der Waals surface area contributed by atoms with E-state index in [0.29, 0.717) is 22.1 Å². The Labute approximate surface area is 160 Å². The minimum atomic E-state index is -0.277. The van der Waals surface area contributed by atoms with Gasteiger partial charge in [-0.15, -0.1) is 0 Å². The summed E-state index contributed by atoms with van der Waals surface area (Å²) < 4.78 is 0. The lowest BCUT2D eigenvalue weighted by atomic mass is 10.1. The number of nitrogens with zero attached hydrogens (tertiary/aromatic N) is 1. The molecule has 0 aliphatic carbocycles. The summed E-state index contributed by atoms with van der Waals surface area (Å²) in [5.41, 5.74) is 2.18. The van der Waals surface area contributed by atoms with Crippen LogP contribution in [0, 0.1) is 0 Å². The number of carbonyl (C=O) groups excluding carboxylic acids is 2. The van der Waals surface area contributed by atoms with Gasteiger partial charge in [-0.2, -0.15) is 0 Å². The molecular weight excluding hydrogens is 362 g/mol. The molecule has 2 aromatic carbocycles. The van der Waals surface area contributed by atoms with E-state index in [1.165, 1.54) is 13.0 Å². The van der Waals surface area contributed by atoms with E-state index in [1.54, 1.807) is 24.3 Å². The minimum absolute atomic E-state index is 0.0695. The topological polar surface area (TPSA) is 91.9 Å². The van der Waals surface area contributed by atoms with E-state index in [4.69, 9.17) is 0 Å². The van der Waals surface area contributed by atoms with E-state index in [1.807, 2.05) is 30.3 Å². The van der Waals surface area contributed by atoms with Crippen molar-refractivity contribution in [3.63, 3.8) is 0 Å². The third kappa shape index (κ3) is 5.15. The molecule has 27 heavy (non-hydrogen) atoms. The Morgan fingerprint density at radius 1 is 1.07 bits per heavy atom. The maximum absolute atomic E-state index is 12.2. The molecule has 0 saturated carbocycles. The molecule has 0 aliphatic rings. The first-order chi connectivity index (χ1) is 13.0. The zero-order valence-electron chi connectivity index (χ0n) is 14.6. The molecule has 136 valence electrons. The maximum atomic E-state index is 12.2. The van der Waals surface area contributed by atoms with Gasteiger partial charge in [0.05, 0.1) is 11.4 Å². The number of benzene rings is 2. The molecule has 6 nitrogen and oxygen atoms in total. The van der Waals surface area contributed by atoms with Crippen LogP contribution in [0.5, 0.6) is 0 Å². The van der Waals surface area contributed by atoms with Gasteiger partial charge in [0.1, 0.15) is 0 Å². The number of amides is 1. The Kier molecular flexibility index (Phi) is 5.83. The molecule has 0 saturated heterocycles. The highest BCUT2D eigenvalue weighted by Gasteiger charge is 2.09. The van der Waals surface area contributed by atoms with Crippen LogP contribution >= 0.6 is 11.8 Å². The van der Waals surface area contributed by atoms with Crippen LogP contribution < -0.4 is 10.9 Å². The van der Waals surface area contributed by atoms with E-state index < -0.39 is 0 Å².